The van der Waals surface area contributed by atoms with Crippen molar-refractivity contribution in [2.24, 2.45) is 0 Å². The third-order valence-corrected chi connectivity index (χ3v) is 5.62. The number of benzene rings is 3. The zero-order chi connectivity index (χ0) is 20.2. The number of carbonyl (C=O) groups excluding carboxylic acids is 1. The van der Waals surface area contributed by atoms with Gasteiger partial charge in [-0.3, -0.25) is 9.69 Å². The van der Waals surface area contributed by atoms with E-state index in [0.717, 1.165) is 5.56 Å². The molecule has 3 nitrogen and oxygen atoms in total. The van der Waals surface area contributed by atoms with Gasteiger partial charge in [-0.25, -0.2) is 4.39 Å². The lowest BCUT2D eigenvalue weighted by atomic mass is 9.96. The van der Waals surface area contributed by atoms with Crippen LogP contribution in [0.3, 0.4) is 0 Å². The second kappa shape index (κ2) is 8.76. The Balaban J connectivity index is 1.53. The zero-order valence-electron chi connectivity index (χ0n) is 16.0. The van der Waals surface area contributed by atoms with Crippen LogP contribution >= 0.6 is 11.6 Å². The van der Waals surface area contributed by atoms with Crippen LogP contribution in [0, 0.1) is 5.82 Å². The van der Waals surface area contributed by atoms with Gasteiger partial charge in [-0.1, -0.05) is 66.2 Å². The van der Waals surface area contributed by atoms with Gasteiger partial charge in [0.05, 0.1) is 11.6 Å². The highest BCUT2D eigenvalue weighted by atomic mass is 35.5. The van der Waals surface area contributed by atoms with E-state index in [1.54, 1.807) is 23.1 Å². The number of nitrogens with zero attached hydrogens (tertiary/aromatic N) is 2. The van der Waals surface area contributed by atoms with Gasteiger partial charge in [0.2, 0.25) is 0 Å². The van der Waals surface area contributed by atoms with Crippen molar-refractivity contribution in [3.05, 3.63) is 106 Å². The molecule has 0 N–H and O–H groups in total. The molecule has 4 rings (SSSR count). The lowest BCUT2D eigenvalue weighted by Crippen LogP contribution is -2.50. The van der Waals surface area contributed by atoms with Gasteiger partial charge in [0.1, 0.15) is 5.82 Å². The summed E-state index contributed by atoms with van der Waals surface area (Å²) in [5, 5.41) is 0.709. The molecule has 1 amide bonds. The molecule has 0 radical (unpaired) electrons. The molecule has 1 aliphatic rings. The van der Waals surface area contributed by atoms with E-state index < -0.39 is 5.82 Å². The van der Waals surface area contributed by atoms with Gasteiger partial charge in [0.15, 0.2) is 0 Å². The van der Waals surface area contributed by atoms with Gasteiger partial charge in [0, 0.05) is 31.2 Å². The second-order valence-corrected chi connectivity index (χ2v) is 7.61. The minimum absolute atomic E-state index is 0.0826. The fraction of sp³-hybridized carbons (Fsp3) is 0.208. The molecule has 0 bridgehead atoms. The molecule has 0 spiro atoms. The van der Waals surface area contributed by atoms with Crippen molar-refractivity contribution < 1.29 is 9.18 Å². The summed E-state index contributed by atoms with van der Waals surface area (Å²) in [5.74, 6) is -0.714. The first-order valence-electron chi connectivity index (χ1n) is 9.72. The minimum atomic E-state index is -0.469. The van der Waals surface area contributed by atoms with Crippen molar-refractivity contribution in [2.75, 3.05) is 26.2 Å². The standard InChI is InChI=1S/C24H22ClFN2O/c25-20-12-10-19(11-13-20)23(18-6-2-1-3-7-18)27-14-16-28(17-15-27)24(29)21-8-4-5-9-22(21)26/h1-13,23H,14-17H2. The molecule has 1 heterocycles. The number of hydrogen-bond acceptors (Lipinski definition) is 2. The van der Waals surface area contributed by atoms with E-state index in [4.69, 9.17) is 11.6 Å². The van der Waals surface area contributed by atoms with Crippen molar-refractivity contribution in [1.29, 1.82) is 0 Å². The van der Waals surface area contributed by atoms with Crippen LogP contribution in [-0.4, -0.2) is 41.9 Å². The molecule has 0 aromatic heterocycles. The van der Waals surface area contributed by atoms with E-state index in [1.165, 1.54) is 11.6 Å². The number of halogens is 2. The van der Waals surface area contributed by atoms with E-state index in [2.05, 4.69) is 29.2 Å². The maximum Gasteiger partial charge on any atom is 0.256 e. The predicted molar refractivity (Wildman–Crippen MR) is 114 cm³/mol. The van der Waals surface area contributed by atoms with Crippen molar-refractivity contribution in [3.8, 4) is 0 Å². The normalized spacial score (nSPS) is 15.9. The van der Waals surface area contributed by atoms with Crippen LogP contribution in [0.4, 0.5) is 4.39 Å². The van der Waals surface area contributed by atoms with Crippen molar-refractivity contribution in [1.82, 2.24) is 9.80 Å². The van der Waals surface area contributed by atoms with Gasteiger partial charge < -0.3 is 4.90 Å². The minimum Gasteiger partial charge on any atom is -0.336 e. The Morgan fingerprint density at radius 1 is 0.793 bits per heavy atom. The van der Waals surface area contributed by atoms with Crippen LogP contribution in [0.25, 0.3) is 0 Å². The number of hydrogen-bond donors (Lipinski definition) is 0. The molecule has 1 aliphatic heterocycles. The average molecular weight is 409 g/mol. The van der Waals surface area contributed by atoms with Gasteiger partial charge >= 0.3 is 0 Å². The summed E-state index contributed by atoms with van der Waals surface area (Å²) in [6.07, 6.45) is 0. The van der Waals surface area contributed by atoms with E-state index in [-0.39, 0.29) is 17.5 Å². The summed E-state index contributed by atoms with van der Waals surface area (Å²) in [5.41, 5.74) is 2.50. The molecular formula is C24H22ClFN2O. The quantitative estimate of drug-likeness (QED) is 0.604. The molecule has 5 heteroatoms. The monoisotopic (exact) mass is 408 g/mol. The Morgan fingerprint density at radius 2 is 1.38 bits per heavy atom. The second-order valence-electron chi connectivity index (χ2n) is 7.17. The Labute approximate surface area is 175 Å². The van der Waals surface area contributed by atoms with Gasteiger partial charge in [-0.05, 0) is 35.4 Å². The third-order valence-electron chi connectivity index (χ3n) is 5.37. The molecule has 29 heavy (non-hydrogen) atoms. The third kappa shape index (κ3) is 4.34. The van der Waals surface area contributed by atoms with Crippen LogP contribution < -0.4 is 0 Å². The Morgan fingerprint density at radius 3 is 2.03 bits per heavy atom. The molecule has 1 atom stereocenters. The molecule has 3 aromatic rings. The van der Waals surface area contributed by atoms with E-state index in [0.29, 0.717) is 31.2 Å². The van der Waals surface area contributed by atoms with E-state index in [9.17, 15) is 9.18 Å². The van der Waals surface area contributed by atoms with Crippen molar-refractivity contribution in [2.45, 2.75) is 6.04 Å². The molecule has 148 valence electrons. The highest BCUT2D eigenvalue weighted by Gasteiger charge is 2.29. The van der Waals surface area contributed by atoms with Crippen LogP contribution in [0.15, 0.2) is 78.9 Å². The maximum atomic E-state index is 14.0. The predicted octanol–water partition coefficient (Wildman–Crippen LogP) is 5.03. The van der Waals surface area contributed by atoms with Gasteiger partial charge in [0.25, 0.3) is 5.91 Å². The SMILES string of the molecule is O=C(c1ccccc1F)N1CCN(C(c2ccccc2)c2ccc(Cl)cc2)CC1. The summed E-state index contributed by atoms with van der Waals surface area (Å²) in [7, 11) is 0. The van der Waals surface area contributed by atoms with Gasteiger partial charge in [-0.2, -0.15) is 0 Å². The maximum absolute atomic E-state index is 14.0. The summed E-state index contributed by atoms with van der Waals surface area (Å²) < 4.78 is 14.0. The first-order valence-corrected chi connectivity index (χ1v) is 10.1. The van der Waals surface area contributed by atoms with Crippen LogP contribution in [0.2, 0.25) is 5.02 Å². The number of amides is 1. The average Bonchev–Trinajstić information content (AvgIpc) is 2.76. The van der Waals surface area contributed by atoms with Crippen LogP contribution in [0.1, 0.15) is 27.5 Å². The highest BCUT2D eigenvalue weighted by Crippen LogP contribution is 2.30. The van der Waals surface area contributed by atoms with Crippen molar-refractivity contribution >= 4 is 17.5 Å². The topological polar surface area (TPSA) is 23.6 Å². The molecule has 1 fully saturated rings. The Kier molecular flexibility index (Phi) is 5.93. The highest BCUT2D eigenvalue weighted by molar-refractivity contribution is 6.30. The Hall–Kier alpha value is -2.69. The Bertz CT molecular complexity index is 970. The summed E-state index contributed by atoms with van der Waals surface area (Å²) in [6.45, 7) is 2.54. The van der Waals surface area contributed by atoms with E-state index in [1.807, 2.05) is 30.3 Å². The molecule has 0 aliphatic carbocycles. The zero-order valence-corrected chi connectivity index (χ0v) is 16.7. The molecule has 1 saturated heterocycles. The summed E-state index contributed by atoms with van der Waals surface area (Å²) >= 11 is 6.08. The fourth-order valence-electron chi connectivity index (χ4n) is 3.88. The largest absolute Gasteiger partial charge is 0.336 e. The first-order chi connectivity index (χ1) is 14.1. The number of piperazine rings is 1. The molecule has 3 aromatic carbocycles. The lowest BCUT2D eigenvalue weighted by Gasteiger charge is -2.39. The summed E-state index contributed by atoms with van der Waals surface area (Å²) in [4.78, 5) is 16.8. The summed E-state index contributed by atoms with van der Waals surface area (Å²) in [6, 6.07) is 24.5. The lowest BCUT2D eigenvalue weighted by molar-refractivity contribution is 0.0593. The molecule has 1 unspecified atom stereocenters. The first kappa shape index (κ1) is 19.6. The van der Waals surface area contributed by atoms with Crippen molar-refractivity contribution in [3.63, 3.8) is 0 Å². The number of carbonyl (C=O) groups is 1. The molecular weight excluding hydrogens is 387 g/mol. The van der Waals surface area contributed by atoms with Crippen LogP contribution in [0.5, 0.6) is 0 Å². The van der Waals surface area contributed by atoms with E-state index >= 15 is 0 Å². The fourth-order valence-corrected chi connectivity index (χ4v) is 4.01. The smallest absolute Gasteiger partial charge is 0.256 e. The molecule has 0 saturated carbocycles. The van der Waals surface area contributed by atoms with Crippen LogP contribution in [-0.2, 0) is 0 Å². The number of rotatable bonds is 4. The van der Waals surface area contributed by atoms with Gasteiger partial charge in [-0.15, -0.1) is 0 Å².